The first-order valence-corrected chi connectivity index (χ1v) is 9.86. The van der Waals surface area contributed by atoms with Gasteiger partial charge in [0.25, 0.3) is 0 Å². The molecule has 8 heteroatoms. The number of nitrogens with one attached hydrogen (secondary N) is 2. The molecular formula is C18H19N5OS2. The number of hydrogen-bond donors (Lipinski definition) is 2. The quantitative estimate of drug-likeness (QED) is 0.621. The molecular weight excluding hydrogens is 366 g/mol. The van der Waals surface area contributed by atoms with Gasteiger partial charge in [0.1, 0.15) is 0 Å². The Hall–Kier alpha value is -2.32. The lowest BCUT2D eigenvalue weighted by Crippen LogP contribution is -2.15. The van der Waals surface area contributed by atoms with Crippen LogP contribution in [0.1, 0.15) is 36.4 Å². The van der Waals surface area contributed by atoms with Gasteiger partial charge in [-0.1, -0.05) is 29.8 Å². The van der Waals surface area contributed by atoms with Gasteiger partial charge < -0.3 is 5.32 Å². The normalized spacial score (nSPS) is 13.7. The van der Waals surface area contributed by atoms with Crippen molar-refractivity contribution in [3.8, 4) is 11.4 Å². The maximum absolute atomic E-state index is 12.3. The zero-order valence-corrected chi connectivity index (χ0v) is 16.0. The highest BCUT2D eigenvalue weighted by atomic mass is 32.1. The predicted octanol–water partition coefficient (Wildman–Crippen LogP) is 4.28. The van der Waals surface area contributed by atoms with Gasteiger partial charge in [-0.2, -0.15) is 5.10 Å². The van der Waals surface area contributed by atoms with Crippen molar-refractivity contribution >= 4 is 34.6 Å². The van der Waals surface area contributed by atoms with Crippen molar-refractivity contribution in [3.05, 3.63) is 45.7 Å². The molecule has 1 aromatic carbocycles. The van der Waals surface area contributed by atoms with E-state index in [1.807, 2.05) is 41.1 Å². The van der Waals surface area contributed by atoms with Crippen LogP contribution in [0.3, 0.4) is 0 Å². The number of carbonyl (C=O) groups is 1. The van der Waals surface area contributed by atoms with E-state index in [1.165, 1.54) is 29.7 Å². The zero-order chi connectivity index (χ0) is 18.1. The fraction of sp³-hybridized carbons (Fsp3) is 0.333. The molecule has 0 radical (unpaired) electrons. The monoisotopic (exact) mass is 385 g/mol. The highest BCUT2D eigenvalue weighted by molar-refractivity contribution is 7.71. The first kappa shape index (κ1) is 17.1. The van der Waals surface area contributed by atoms with Gasteiger partial charge in [0.2, 0.25) is 5.91 Å². The fourth-order valence-electron chi connectivity index (χ4n) is 2.75. The smallest absolute Gasteiger partial charge is 0.227 e. The molecule has 134 valence electrons. The molecule has 1 aliphatic carbocycles. The van der Waals surface area contributed by atoms with Crippen LogP contribution in [0.15, 0.2) is 29.6 Å². The van der Waals surface area contributed by atoms with E-state index < -0.39 is 0 Å². The molecule has 2 heterocycles. The summed E-state index contributed by atoms with van der Waals surface area (Å²) in [5.41, 5.74) is 3.25. The summed E-state index contributed by atoms with van der Waals surface area (Å²) >= 11 is 6.81. The molecule has 1 aliphatic rings. The summed E-state index contributed by atoms with van der Waals surface area (Å²) < 4.78 is 2.37. The van der Waals surface area contributed by atoms with E-state index in [-0.39, 0.29) is 5.91 Å². The van der Waals surface area contributed by atoms with Crippen LogP contribution >= 0.6 is 23.6 Å². The van der Waals surface area contributed by atoms with Crippen LogP contribution in [0, 0.1) is 11.7 Å². The maximum atomic E-state index is 12.3. The molecule has 0 aliphatic heterocycles. The summed E-state index contributed by atoms with van der Waals surface area (Å²) in [5, 5.41) is 12.7. The number of aromatic nitrogens is 4. The molecule has 0 unspecified atom stereocenters. The Bertz CT molecular complexity index is 982. The molecule has 6 nitrogen and oxygen atoms in total. The number of aryl methyl sites for hydroxylation is 1. The van der Waals surface area contributed by atoms with E-state index in [9.17, 15) is 4.79 Å². The number of nitrogens with zero attached hydrogens (tertiary/aromatic N) is 3. The van der Waals surface area contributed by atoms with E-state index >= 15 is 0 Å². The van der Waals surface area contributed by atoms with Crippen molar-refractivity contribution < 1.29 is 4.79 Å². The summed E-state index contributed by atoms with van der Waals surface area (Å²) in [6.07, 6.45) is 2.72. The van der Waals surface area contributed by atoms with Crippen molar-refractivity contribution in [3.63, 3.8) is 0 Å². The third-order valence-corrected chi connectivity index (χ3v) is 5.48. The molecule has 2 N–H and O–H groups in total. The number of anilines is 1. The molecule has 2 aromatic heterocycles. The van der Waals surface area contributed by atoms with Crippen molar-refractivity contribution in [2.45, 2.75) is 38.6 Å². The van der Waals surface area contributed by atoms with Gasteiger partial charge in [-0.3, -0.25) is 14.5 Å². The first-order chi connectivity index (χ1) is 12.6. The molecule has 0 bridgehead atoms. The standard InChI is InChI=1S/C18H19N5OS2/c1-11-2-4-13(5-3-11)16-21-22-18(25)23(16)9-8-15(24)20-17-19-14(10-26-17)12-6-7-12/h2-5,10,12H,6-9H2,1H3,(H,22,25)(H,19,20,24). The Balaban J connectivity index is 1.42. The van der Waals surface area contributed by atoms with Crippen LogP contribution in [0.2, 0.25) is 0 Å². The number of rotatable bonds is 6. The molecule has 0 spiro atoms. The summed E-state index contributed by atoms with van der Waals surface area (Å²) in [6.45, 7) is 2.50. The van der Waals surface area contributed by atoms with Crippen LogP contribution in [-0.4, -0.2) is 25.7 Å². The van der Waals surface area contributed by atoms with Gasteiger partial charge in [-0.25, -0.2) is 4.98 Å². The van der Waals surface area contributed by atoms with Gasteiger partial charge in [-0.15, -0.1) is 11.3 Å². The Morgan fingerprint density at radius 2 is 2.15 bits per heavy atom. The van der Waals surface area contributed by atoms with E-state index in [1.54, 1.807) is 0 Å². The van der Waals surface area contributed by atoms with Crippen LogP contribution < -0.4 is 5.32 Å². The number of benzene rings is 1. The molecule has 1 amide bonds. The second-order valence-corrected chi connectivity index (χ2v) is 7.76. The van der Waals surface area contributed by atoms with Gasteiger partial charge in [0.15, 0.2) is 15.7 Å². The number of carbonyl (C=O) groups excluding carboxylic acids is 1. The number of H-pyrrole nitrogens is 1. The SMILES string of the molecule is Cc1ccc(-c2n[nH]c(=S)n2CCC(=O)Nc2nc(C3CC3)cs2)cc1. The van der Waals surface area contributed by atoms with Gasteiger partial charge in [0, 0.05) is 29.8 Å². The van der Waals surface area contributed by atoms with E-state index in [4.69, 9.17) is 12.2 Å². The van der Waals surface area contributed by atoms with E-state index in [2.05, 4.69) is 20.5 Å². The summed E-state index contributed by atoms with van der Waals surface area (Å²) in [7, 11) is 0. The summed E-state index contributed by atoms with van der Waals surface area (Å²) in [4.78, 5) is 16.8. The minimum Gasteiger partial charge on any atom is -0.302 e. The van der Waals surface area contributed by atoms with Crippen molar-refractivity contribution in [2.24, 2.45) is 0 Å². The minimum atomic E-state index is -0.0698. The van der Waals surface area contributed by atoms with Gasteiger partial charge in [0.05, 0.1) is 5.69 Å². The minimum absolute atomic E-state index is 0.0698. The molecule has 0 saturated heterocycles. The largest absolute Gasteiger partial charge is 0.302 e. The highest BCUT2D eigenvalue weighted by Gasteiger charge is 2.26. The number of hydrogen-bond acceptors (Lipinski definition) is 5. The highest BCUT2D eigenvalue weighted by Crippen LogP contribution is 2.40. The Labute approximate surface area is 160 Å². The molecule has 0 atom stereocenters. The predicted molar refractivity (Wildman–Crippen MR) is 105 cm³/mol. The Morgan fingerprint density at radius 1 is 1.38 bits per heavy atom. The van der Waals surface area contributed by atoms with Crippen LogP contribution in [-0.2, 0) is 11.3 Å². The van der Waals surface area contributed by atoms with Crippen molar-refractivity contribution in [1.82, 2.24) is 19.7 Å². The number of thiazole rings is 1. The molecule has 3 aromatic rings. The topological polar surface area (TPSA) is 75.6 Å². The number of aromatic amines is 1. The van der Waals surface area contributed by atoms with Gasteiger partial charge >= 0.3 is 0 Å². The second kappa shape index (κ2) is 7.13. The van der Waals surface area contributed by atoms with Crippen molar-refractivity contribution in [2.75, 3.05) is 5.32 Å². The van der Waals surface area contributed by atoms with E-state index in [0.29, 0.717) is 28.8 Å². The van der Waals surface area contributed by atoms with Crippen LogP contribution in [0.25, 0.3) is 11.4 Å². The third-order valence-electron chi connectivity index (χ3n) is 4.39. The maximum Gasteiger partial charge on any atom is 0.227 e. The Morgan fingerprint density at radius 3 is 2.88 bits per heavy atom. The zero-order valence-electron chi connectivity index (χ0n) is 14.4. The fourth-order valence-corrected chi connectivity index (χ4v) is 3.79. The third kappa shape index (κ3) is 3.76. The molecule has 4 rings (SSSR count). The summed E-state index contributed by atoms with van der Waals surface area (Å²) in [6, 6.07) is 8.08. The molecule has 26 heavy (non-hydrogen) atoms. The van der Waals surface area contributed by atoms with Crippen LogP contribution in [0.4, 0.5) is 5.13 Å². The van der Waals surface area contributed by atoms with E-state index in [0.717, 1.165) is 17.1 Å². The Kier molecular flexibility index (Phi) is 4.69. The summed E-state index contributed by atoms with van der Waals surface area (Å²) in [5.74, 6) is 1.27. The second-order valence-electron chi connectivity index (χ2n) is 6.52. The lowest BCUT2D eigenvalue weighted by Gasteiger charge is -2.07. The van der Waals surface area contributed by atoms with Crippen molar-refractivity contribution in [1.29, 1.82) is 0 Å². The van der Waals surface area contributed by atoms with Gasteiger partial charge in [-0.05, 0) is 32.0 Å². The molecule has 1 saturated carbocycles. The average Bonchev–Trinajstić information content (AvgIpc) is 3.27. The molecule has 1 fully saturated rings. The lowest BCUT2D eigenvalue weighted by molar-refractivity contribution is -0.116. The first-order valence-electron chi connectivity index (χ1n) is 8.57. The number of amides is 1. The lowest BCUT2D eigenvalue weighted by atomic mass is 10.1. The average molecular weight is 386 g/mol. The van der Waals surface area contributed by atoms with Crippen LogP contribution in [0.5, 0.6) is 0 Å².